The number of carbonyl (C=O) groups is 3. The molecule has 0 aliphatic carbocycles. The molecule has 1 fully saturated rings. The molecule has 1 aliphatic heterocycles. The SMILES string of the molecule is CC(=O)NC(Cc1ccccc1F)C(=O)NC1CCN(C(=O)Nc2ccccc2Cl)CC1. The second-order valence-electron chi connectivity index (χ2n) is 7.73. The molecule has 1 heterocycles. The Hall–Kier alpha value is -3.13. The van der Waals surface area contributed by atoms with Gasteiger partial charge in [0.25, 0.3) is 0 Å². The highest BCUT2D eigenvalue weighted by Gasteiger charge is 2.27. The molecule has 7 nitrogen and oxygen atoms in total. The fourth-order valence-corrected chi connectivity index (χ4v) is 3.81. The molecule has 4 amide bonds. The van der Waals surface area contributed by atoms with E-state index in [4.69, 9.17) is 11.6 Å². The Labute approximate surface area is 191 Å². The van der Waals surface area contributed by atoms with Crippen LogP contribution in [0.3, 0.4) is 0 Å². The van der Waals surface area contributed by atoms with Gasteiger partial charge in [-0.2, -0.15) is 0 Å². The van der Waals surface area contributed by atoms with Crippen molar-refractivity contribution in [3.8, 4) is 0 Å². The number of carbonyl (C=O) groups excluding carboxylic acids is 3. The summed E-state index contributed by atoms with van der Waals surface area (Å²) in [6, 6.07) is 11.9. The first-order valence-corrected chi connectivity index (χ1v) is 10.8. The Morgan fingerprint density at radius 1 is 1.09 bits per heavy atom. The summed E-state index contributed by atoms with van der Waals surface area (Å²) in [5.74, 6) is -1.16. The van der Waals surface area contributed by atoms with Gasteiger partial charge in [0.05, 0.1) is 10.7 Å². The molecule has 1 atom stereocenters. The minimum Gasteiger partial charge on any atom is -0.351 e. The lowest BCUT2D eigenvalue weighted by molar-refractivity contribution is -0.128. The van der Waals surface area contributed by atoms with Gasteiger partial charge in [-0.25, -0.2) is 9.18 Å². The van der Waals surface area contributed by atoms with Crippen LogP contribution in [-0.2, 0) is 16.0 Å². The number of amides is 4. The van der Waals surface area contributed by atoms with Crippen molar-refractivity contribution in [3.05, 3.63) is 64.9 Å². The molecule has 3 N–H and O–H groups in total. The lowest BCUT2D eigenvalue weighted by atomic mass is 10.0. The second kappa shape index (κ2) is 10.9. The van der Waals surface area contributed by atoms with Gasteiger partial charge >= 0.3 is 6.03 Å². The predicted octanol–water partition coefficient (Wildman–Crippen LogP) is 3.34. The summed E-state index contributed by atoms with van der Waals surface area (Å²) >= 11 is 6.09. The van der Waals surface area contributed by atoms with Crippen molar-refractivity contribution in [1.29, 1.82) is 0 Å². The molecular formula is C23H26ClFN4O3. The van der Waals surface area contributed by atoms with Crippen LogP contribution < -0.4 is 16.0 Å². The fourth-order valence-electron chi connectivity index (χ4n) is 3.62. The highest BCUT2D eigenvalue weighted by atomic mass is 35.5. The standard InChI is InChI=1S/C23H26ClFN4O3/c1-15(30)26-21(14-16-6-2-4-8-19(16)25)22(31)27-17-10-12-29(13-11-17)23(32)28-20-9-5-3-7-18(20)24/h2-9,17,21H,10-14H2,1H3,(H,26,30)(H,27,31)(H,28,32). The van der Waals surface area contributed by atoms with Crippen molar-refractivity contribution in [2.24, 2.45) is 0 Å². The normalized spacial score (nSPS) is 15.0. The largest absolute Gasteiger partial charge is 0.351 e. The van der Waals surface area contributed by atoms with Gasteiger partial charge in [0.15, 0.2) is 0 Å². The van der Waals surface area contributed by atoms with E-state index in [0.717, 1.165) is 0 Å². The number of hydrogen-bond acceptors (Lipinski definition) is 3. The molecule has 3 rings (SSSR count). The smallest absolute Gasteiger partial charge is 0.321 e. The average molecular weight is 461 g/mol. The monoisotopic (exact) mass is 460 g/mol. The third kappa shape index (κ3) is 6.43. The summed E-state index contributed by atoms with van der Waals surface area (Å²) in [7, 11) is 0. The first kappa shape index (κ1) is 23.5. The van der Waals surface area contributed by atoms with Gasteiger partial charge < -0.3 is 20.9 Å². The molecule has 0 bridgehead atoms. The highest BCUT2D eigenvalue weighted by Crippen LogP contribution is 2.21. The molecule has 0 saturated carbocycles. The third-order valence-electron chi connectivity index (χ3n) is 5.32. The van der Waals surface area contributed by atoms with Gasteiger partial charge in [-0.1, -0.05) is 41.9 Å². The van der Waals surface area contributed by atoms with Gasteiger partial charge in [0, 0.05) is 32.5 Å². The molecule has 2 aromatic carbocycles. The Bertz CT molecular complexity index is 979. The summed E-state index contributed by atoms with van der Waals surface area (Å²) in [5, 5.41) is 8.78. The highest BCUT2D eigenvalue weighted by molar-refractivity contribution is 6.33. The Kier molecular flexibility index (Phi) is 8.05. The van der Waals surface area contributed by atoms with Crippen molar-refractivity contribution in [2.45, 2.75) is 38.3 Å². The van der Waals surface area contributed by atoms with Crippen LogP contribution in [0.5, 0.6) is 0 Å². The zero-order valence-corrected chi connectivity index (χ0v) is 18.5. The van der Waals surface area contributed by atoms with Crippen LogP contribution in [0.1, 0.15) is 25.3 Å². The number of hydrogen-bond donors (Lipinski definition) is 3. The topological polar surface area (TPSA) is 90.5 Å². The van der Waals surface area contributed by atoms with Crippen LogP contribution in [-0.4, -0.2) is 47.9 Å². The van der Waals surface area contributed by atoms with Crippen molar-refractivity contribution in [1.82, 2.24) is 15.5 Å². The van der Waals surface area contributed by atoms with E-state index in [0.29, 0.717) is 42.2 Å². The van der Waals surface area contributed by atoms with Crippen LogP contribution >= 0.6 is 11.6 Å². The summed E-state index contributed by atoms with van der Waals surface area (Å²) in [6.07, 6.45) is 1.18. The number of likely N-dealkylation sites (tertiary alicyclic amines) is 1. The lowest BCUT2D eigenvalue weighted by Gasteiger charge is -2.33. The maximum atomic E-state index is 14.0. The van der Waals surface area contributed by atoms with E-state index in [1.807, 2.05) is 0 Å². The minimum atomic E-state index is -0.883. The maximum Gasteiger partial charge on any atom is 0.321 e. The number of piperidine rings is 1. The number of benzene rings is 2. The first-order valence-electron chi connectivity index (χ1n) is 10.4. The van der Waals surface area contributed by atoms with E-state index in [1.165, 1.54) is 13.0 Å². The Morgan fingerprint density at radius 3 is 2.41 bits per heavy atom. The molecule has 0 aromatic heterocycles. The second-order valence-corrected chi connectivity index (χ2v) is 8.14. The molecule has 0 spiro atoms. The summed E-state index contributed by atoms with van der Waals surface area (Å²) in [5.41, 5.74) is 0.897. The van der Waals surface area contributed by atoms with Gasteiger partial charge in [0.1, 0.15) is 11.9 Å². The van der Waals surface area contributed by atoms with Crippen LogP contribution in [0.2, 0.25) is 5.02 Å². The third-order valence-corrected chi connectivity index (χ3v) is 5.65. The van der Waals surface area contributed by atoms with Crippen molar-refractivity contribution in [3.63, 3.8) is 0 Å². The molecule has 32 heavy (non-hydrogen) atoms. The fraction of sp³-hybridized carbons (Fsp3) is 0.348. The van der Waals surface area contributed by atoms with Crippen LogP contribution in [0.15, 0.2) is 48.5 Å². The van der Waals surface area contributed by atoms with E-state index in [-0.39, 0.29) is 30.3 Å². The molecule has 0 radical (unpaired) electrons. The van der Waals surface area contributed by atoms with Gasteiger partial charge in [-0.15, -0.1) is 0 Å². The lowest BCUT2D eigenvalue weighted by Crippen LogP contribution is -2.53. The first-order chi connectivity index (χ1) is 15.3. The van der Waals surface area contributed by atoms with E-state index in [2.05, 4.69) is 16.0 Å². The number of anilines is 1. The van der Waals surface area contributed by atoms with E-state index in [9.17, 15) is 18.8 Å². The molecule has 170 valence electrons. The van der Waals surface area contributed by atoms with Crippen LogP contribution in [0.4, 0.5) is 14.9 Å². The van der Waals surface area contributed by atoms with E-state index in [1.54, 1.807) is 47.4 Å². The van der Waals surface area contributed by atoms with Crippen molar-refractivity contribution >= 4 is 35.1 Å². The maximum absolute atomic E-state index is 14.0. The van der Waals surface area contributed by atoms with Crippen molar-refractivity contribution in [2.75, 3.05) is 18.4 Å². The molecule has 1 saturated heterocycles. The molecular weight excluding hydrogens is 435 g/mol. The van der Waals surface area contributed by atoms with E-state index >= 15 is 0 Å². The molecule has 9 heteroatoms. The summed E-state index contributed by atoms with van der Waals surface area (Å²) < 4.78 is 14.0. The number of nitrogens with zero attached hydrogens (tertiary/aromatic N) is 1. The van der Waals surface area contributed by atoms with E-state index < -0.39 is 11.9 Å². The van der Waals surface area contributed by atoms with Crippen molar-refractivity contribution < 1.29 is 18.8 Å². The quantitative estimate of drug-likeness (QED) is 0.617. The Morgan fingerprint density at radius 2 is 1.75 bits per heavy atom. The number of halogens is 2. The number of rotatable bonds is 6. The van der Waals surface area contributed by atoms with Gasteiger partial charge in [0.2, 0.25) is 11.8 Å². The van der Waals surface area contributed by atoms with Crippen LogP contribution in [0, 0.1) is 5.82 Å². The zero-order valence-electron chi connectivity index (χ0n) is 17.7. The number of urea groups is 1. The number of para-hydroxylation sites is 1. The van der Waals surface area contributed by atoms with Crippen LogP contribution in [0.25, 0.3) is 0 Å². The molecule has 1 aliphatic rings. The Balaban J connectivity index is 1.53. The minimum absolute atomic E-state index is 0.0528. The van der Waals surface area contributed by atoms with Gasteiger partial charge in [-0.05, 0) is 36.6 Å². The molecule has 1 unspecified atom stereocenters. The number of nitrogens with one attached hydrogen (secondary N) is 3. The summed E-state index contributed by atoms with van der Waals surface area (Å²) in [4.78, 5) is 38.5. The zero-order chi connectivity index (χ0) is 23.1. The summed E-state index contributed by atoms with van der Waals surface area (Å²) in [6.45, 7) is 2.23. The molecule has 2 aromatic rings. The average Bonchev–Trinajstić information content (AvgIpc) is 2.76. The predicted molar refractivity (Wildman–Crippen MR) is 121 cm³/mol. The van der Waals surface area contributed by atoms with Gasteiger partial charge in [-0.3, -0.25) is 9.59 Å².